The first-order chi connectivity index (χ1) is 9.19. The van der Waals surface area contributed by atoms with Crippen molar-refractivity contribution in [2.45, 2.75) is 33.0 Å². The quantitative estimate of drug-likeness (QED) is 0.892. The number of aryl methyl sites for hydroxylation is 1. The lowest BCUT2D eigenvalue weighted by atomic mass is 10.1. The Kier molecular flexibility index (Phi) is 4.53. The van der Waals surface area contributed by atoms with E-state index in [1.165, 1.54) is 0 Å². The maximum Gasteiger partial charge on any atom is 0.130 e. The molecule has 3 nitrogen and oxygen atoms in total. The van der Waals surface area contributed by atoms with Gasteiger partial charge in [-0.1, -0.05) is 25.1 Å². The van der Waals surface area contributed by atoms with Crippen LogP contribution in [-0.4, -0.2) is 10.1 Å². The minimum absolute atomic E-state index is 0.396. The van der Waals surface area contributed by atoms with Crippen LogP contribution in [0.25, 0.3) is 0 Å². The number of pyridine rings is 1. The standard InChI is InChI=1S/C16H19NO2/c1-3-16(18)13-7-9-15(10-8-13)19-11-14-6-4-5-12(2)17-14/h4-10,16,18H,3,11H2,1-2H3/t16-/m0/s1. The van der Waals surface area contributed by atoms with Crippen molar-refractivity contribution in [2.75, 3.05) is 0 Å². The lowest BCUT2D eigenvalue weighted by molar-refractivity contribution is 0.173. The Bertz CT molecular complexity index is 523. The first-order valence-corrected chi connectivity index (χ1v) is 6.52. The van der Waals surface area contributed by atoms with Crippen molar-refractivity contribution >= 4 is 0 Å². The summed E-state index contributed by atoms with van der Waals surface area (Å²) in [4.78, 5) is 4.38. The molecule has 1 aromatic carbocycles. The average molecular weight is 257 g/mol. The normalized spacial score (nSPS) is 12.2. The van der Waals surface area contributed by atoms with Gasteiger partial charge in [0.1, 0.15) is 12.4 Å². The number of ether oxygens (including phenoxy) is 1. The van der Waals surface area contributed by atoms with Gasteiger partial charge in [0.15, 0.2) is 0 Å². The van der Waals surface area contributed by atoms with Crippen molar-refractivity contribution < 1.29 is 9.84 Å². The van der Waals surface area contributed by atoms with E-state index in [0.717, 1.165) is 22.7 Å². The molecule has 0 bridgehead atoms. The summed E-state index contributed by atoms with van der Waals surface area (Å²) in [5.41, 5.74) is 2.82. The van der Waals surface area contributed by atoms with Crippen LogP contribution in [0.15, 0.2) is 42.5 Å². The van der Waals surface area contributed by atoms with Gasteiger partial charge in [-0.05, 0) is 43.2 Å². The van der Waals surface area contributed by atoms with Gasteiger partial charge >= 0.3 is 0 Å². The molecule has 0 fully saturated rings. The van der Waals surface area contributed by atoms with Gasteiger partial charge in [-0.15, -0.1) is 0 Å². The number of benzene rings is 1. The number of aromatic nitrogens is 1. The Morgan fingerprint density at radius 3 is 2.53 bits per heavy atom. The molecule has 1 heterocycles. The molecule has 0 spiro atoms. The van der Waals surface area contributed by atoms with E-state index in [2.05, 4.69) is 4.98 Å². The van der Waals surface area contributed by atoms with Crippen LogP contribution < -0.4 is 4.74 Å². The molecular formula is C16H19NO2. The number of hydrogen-bond donors (Lipinski definition) is 1. The van der Waals surface area contributed by atoms with Gasteiger partial charge in [0.05, 0.1) is 11.8 Å². The molecule has 0 unspecified atom stereocenters. The number of nitrogens with zero attached hydrogens (tertiary/aromatic N) is 1. The first-order valence-electron chi connectivity index (χ1n) is 6.52. The molecule has 0 aliphatic heterocycles. The van der Waals surface area contributed by atoms with Gasteiger partial charge in [0.2, 0.25) is 0 Å². The van der Waals surface area contributed by atoms with Crippen molar-refractivity contribution in [3.05, 3.63) is 59.4 Å². The Morgan fingerprint density at radius 2 is 1.89 bits per heavy atom. The molecule has 1 atom stereocenters. The molecule has 0 amide bonds. The number of aliphatic hydroxyl groups excluding tert-OH is 1. The zero-order valence-electron chi connectivity index (χ0n) is 11.3. The first kappa shape index (κ1) is 13.6. The van der Waals surface area contributed by atoms with Gasteiger partial charge in [0.25, 0.3) is 0 Å². The number of hydrogen-bond acceptors (Lipinski definition) is 3. The summed E-state index contributed by atoms with van der Waals surface area (Å²) < 4.78 is 5.67. The van der Waals surface area contributed by atoms with Crippen LogP contribution in [-0.2, 0) is 6.61 Å². The Morgan fingerprint density at radius 1 is 1.16 bits per heavy atom. The van der Waals surface area contributed by atoms with Crippen molar-refractivity contribution in [1.29, 1.82) is 0 Å². The van der Waals surface area contributed by atoms with E-state index in [1.807, 2.05) is 56.3 Å². The smallest absolute Gasteiger partial charge is 0.130 e. The van der Waals surface area contributed by atoms with E-state index < -0.39 is 6.10 Å². The molecule has 2 aromatic rings. The zero-order chi connectivity index (χ0) is 13.7. The molecule has 0 saturated heterocycles. The third kappa shape index (κ3) is 3.80. The van der Waals surface area contributed by atoms with Gasteiger partial charge in [-0.3, -0.25) is 4.98 Å². The van der Waals surface area contributed by atoms with Crippen LogP contribution >= 0.6 is 0 Å². The van der Waals surface area contributed by atoms with E-state index in [1.54, 1.807) is 0 Å². The minimum atomic E-state index is -0.396. The Hall–Kier alpha value is -1.87. The fraction of sp³-hybridized carbons (Fsp3) is 0.312. The van der Waals surface area contributed by atoms with Gasteiger partial charge in [-0.25, -0.2) is 0 Å². The van der Waals surface area contributed by atoms with Crippen LogP contribution in [0.5, 0.6) is 5.75 Å². The van der Waals surface area contributed by atoms with Crippen LogP contribution in [0.2, 0.25) is 0 Å². The predicted molar refractivity (Wildman–Crippen MR) is 75.0 cm³/mol. The van der Waals surface area contributed by atoms with Crippen molar-refractivity contribution in [1.82, 2.24) is 4.98 Å². The van der Waals surface area contributed by atoms with Crippen LogP contribution in [0.3, 0.4) is 0 Å². The van der Waals surface area contributed by atoms with Crippen LogP contribution in [0.1, 0.15) is 36.4 Å². The highest BCUT2D eigenvalue weighted by Gasteiger charge is 2.04. The fourth-order valence-corrected chi connectivity index (χ4v) is 1.86. The third-order valence-corrected chi connectivity index (χ3v) is 2.98. The molecule has 0 aliphatic rings. The van der Waals surface area contributed by atoms with E-state index in [4.69, 9.17) is 4.74 Å². The maximum atomic E-state index is 9.71. The Balaban J connectivity index is 1.96. The molecule has 0 radical (unpaired) electrons. The van der Waals surface area contributed by atoms with Crippen molar-refractivity contribution in [3.63, 3.8) is 0 Å². The molecule has 3 heteroatoms. The summed E-state index contributed by atoms with van der Waals surface area (Å²) in [5, 5.41) is 9.71. The highest BCUT2D eigenvalue weighted by molar-refractivity contribution is 5.28. The molecule has 0 aliphatic carbocycles. The lowest BCUT2D eigenvalue weighted by Crippen LogP contribution is -2.00. The summed E-state index contributed by atoms with van der Waals surface area (Å²) in [6.07, 6.45) is 0.320. The summed E-state index contributed by atoms with van der Waals surface area (Å²) in [6, 6.07) is 13.4. The van der Waals surface area contributed by atoms with E-state index >= 15 is 0 Å². The van der Waals surface area contributed by atoms with E-state index in [0.29, 0.717) is 13.0 Å². The summed E-state index contributed by atoms with van der Waals surface area (Å²) in [5.74, 6) is 0.787. The second-order valence-corrected chi connectivity index (χ2v) is 4.55. The molecule has 0 saturated carbocycles. The second-order valence-electron chi connectivity index (χ2n) is 4.55. The Labute approximate surface area is 113 Å². The lowest BCUT2D eigenvalue weighted by Gasteiger charge is -2.10. The zero-order valence-corrected chi connectivity index (χ0v) is 11.3. The van der Waals surface area contributed by atoms with Gasteiger partial charge in [-0.2, -0.15) is 0 Å². The summed E-state index contributed by atoms with van der Waals surface area (Å²) >= 11 is 0. The second kappa shape index (κ2) is 6.34. The topological polar surface area (TPSA) is 42.4 Å². The monoisotopic (exact) mass is 257 g/mol. The van der Waals surface area contributed by atoms with Gasteiger partial charge in [0, 0.05) is 5.69 Å². The predicted octanol–water partition coefficient (Wildman–Crippen LogP) is 3.41. The molecule has 1 N–H and O–H groups in total. The fourth-order valence-electron chi connectivity index (χ4n) is 1.86. The van der Waals surface area contributed by atoms with Crippen LogP contribution in [0, 0.1) is 6.92 Å². The van der Waals surface area contributed by atoms with Crippen molar-refractivity contribution in [3.8, 4) is 5.75 Å². The van der Waals surface area contributed by atoms with E-state index in [9.17, 15) is 5.11 Å². The van der Waals surface area contributed by atoms with Crippen LogP contribution in [0.4, 0.5) is 0 Å². The summed E-state index contributed by atoms with van der Waals surface area (Å²) in [6.45, 7) is 4.38. The molecule has 1 aromatic heterocycles. The molecule has 100 valence electrons. The van der Waals surface area contributed by atoms with Gasteiger partial charge < -0.3 is 9.84 Å². The van der Waals surface area contributed by atoms with E-state index in [-0.39, 0.29) is 0 Å². The maximum absolute atomic E-state index is 9.71. The molecule has 2 rings (SSSR count). The highest BCUT2D eigenvalue weighted by atomic mass is 16.5. The summed E-state index contributed by atoms with van der Waals surface area (Å²) in [7, 11) is 0. The number of rotatable bonds is 5. The van der Waals surface area contributed by atoms with Crippen molar-refractivity contribution in [2.24, 2.45) is 0 Å². The largest absolute Gasteiger partial charge is 0.487 e. The minimum Gasteiger partial charge on any atom is -0.487 e. The third-order valence-electron chi connectivity index (χ3n) is 2.98. The molecular weight excluding hydrogens is 238 g/mol. The SMILES string of the molecule is CC[C@H](O)c1ccc(OCc2cccc(C)n2)cc1. The molecule has 19 heavy (non-hydrogen) atoms. The highest BCUT2D eigenvalue weighted by Crippen LogP contribution is 2.20. The number of aliphatic hydroxyl groups is 1. The average Bonchev–Trinajstić information content (AvgIpc) is 2.45.